The minimum atomic E-state index is -3.88. The van der Waals surface area contributed by atoms with Crippen LogP contribution >= 0.6 is 0 Å². The average molecular weight is 425 g/mol. The number of sulfone groups is 1. The lowest BCUT2D eigenvalue weighted by atomic mass is 9.55. The van der Waals surface area contributed by atoms with Crippen molar-refractivity contribution in [1.29, 1.82) is 0 Å². The van der Waals surface area contributed by atoms with E-state index in [0.29, 0.717) is 30.4 Å². The number of Topliss-reactive ketones (excluding diaryl/α,β-unsaturated/α-hetero) is 1. The molecule has 0 aliphatic heterocycles. The first kappa shape index (κ1) is 19.8. The zero-order valence-corrected chi connectivity index (χ0v) is 17.8. The first-order chi connectivity index (χ1) is 14.4. The van der Waals surface area contributed by atoms with Crippen LogP contribution in [0.2, 0.25) is 0 Å². The van der Waals surface area contributed by atoms with Gasteiger partial charge in [0.25, 0.3) is 0 Å². The minimum absolute atomic E-state index is 0.0166. The highest BCUT2D eigenvalue weighted by Crippen LogP contribution is 2.61. The van der Waals surface area contributed by atoms with Crippen LogP contribution in [0.25, 0.3) is 0 Å². The van der Waals surface area contributed by atoms with Crippen molar-refractivity contribution in [3.63, 3.8) is 0 Å². The third-order valence-electron chi connectivity index (χ3n) is 8.00. The molecule has 0 heterocycles. The summed E-state index contributed by atoms with van der Waals surface area (Å²) in [6, 6.07) is 14.8. The van der Waals surface area contributed by atoms with E-state index >= 15 is 0 Å². The number of ketones is 1. The van der Waals surface area contributed by atoms with Crippen LogP contribution in [0.4, 0.5) is 5.69 Å². The molecule has 3 aliphatic carbocycles. The molecule has 1 unspecified atom stereocenters. The molecule has 5 rings (SSSR count). The Balaban J connectivity index is 1.56. The van der Waals surface area contributed by atoms with Crippen LogP contribution in [0.3, 0.4) is 0 Å². The van der Waals surface area contributed by atoms with Crippen LogP contribution in [0.5, 0.6) is 0 Å². The molecule has 3 aliphatic rings. The maximum absolute atomic E-state index is 13.5. The molecule has 2 saturated carbocycles. The topological polar surface area (TPSA) is 103 Å². The van der Waals surface area contributed by atoms with Crippen LogP contribution in [-0.4, -0.2) is 19.6 Å². The molecule has 0 amide bonds. The first-order valence-corrected chi connectivity index (χ1v) is 12.4. The van der Waals surface area contributed by atoms with E-state index in [1.807, 2.05) is 0 Å². The fraction of sp³-hybridized carbons (Fsp3) is 0.458. The molecule has 0 bridgehead atoms. The van der Waals surface area contributed by atoms with E-state index in [2.05, 4.69) is 24.3 Å². The van der Waals surface area contributed by atoms with Gasteiger partial charge in [-0.25, -0.2) is 8.42 Å². The molecule has 5 atom stereocenters. The van der Waals surface area contributed by atoms with E-state index in [1.54, 1.807) is 12.1 Å². The molecule has 0 radical (unpaired) electrons. The second kappa shape index (κ2) is 6.92. The quantitative estimate of drug-likeness (QED) is 0.735. The van der Waals surface area contributed by atoms with Crippen LogP contribution in [0, 0.1) is 17.3 Å². The Morgan fingerprint density at radius 3 is 2.60 bits per heavy atom. The Bertz CT molecular complexity index is 1110. The lowest BCUT2D eigenvalue weighted by Crippen LogP contribution is -2.57. The predicted molar refractivity (Wildman–Crippen MR) is 116 cm³/mol. The number of nitrogen functional groups attached to an aromatic ring is 1. The second-order valence-electron chi connectivity index (χ2n) is 9.19. The lowest BCUT2D eigenvalue weighted by molar-refractivity contribution is -0.130. The van der Waals surface area contributed by atoms with E-state index < -0.39 is 20.6 Å². The van der Waals surface area contributed by atoms with Crippen molar-refractivity contribution in [3.05, 3.63) is 59.7 Å². The summed E-state index contributed by atoms with van der Waals surface area (Å²) < 4.78 is 27.0. The van der Waals surface area contributed by atoms with Crippen molar-refractivity contribution in [3.8, 4) is 0 Å². The largest absolute Gasteiger partial charge is 0.399 e. The smallest absolute Gasteiger partial charge is 0.195 e. The van der Waals surface area contributed by atoms with Gasteiger partial charge in [0.2, 0.25) is 0 Å². The van der Waals surface area contributed by atoms with Gasteiger partial charge in [-0.1, -0.05) is 30.3 Å². The van der Waals surface area contributed by atoms with Gasteiger partial charge in [-0.15, -0.1) is 0 Å². The zero-order valence-electron chi connectivity index (χ0n) is 17.0. The van der Waals surface area contributed by atoms with E-state index in [1.165, 1.54) is 23.3 Å². The number of benzene rings is 2. The molecule has 2 aromatic carbocycles. The Morgan fingerprint density at radius 2 is 1.80 bits per heavy atom. The van der Waals surface area contributed by atoms with Gasteiger partial charge in [0.05, 0.1) is 10.3 Å². The van der Waals surface area contributed by atoms with E-state index in [9.17, 15) is 13.2 Å². The van der Waals surface area contributed by atoms with Crippen molar-refractivity contribution in [2.45, 2.75) is 54.7 Å². The number of fused-ring (bicyclic) bond motifs is 5. The van der Waals surface area contributed by atoms with Gasteiger partial charge < -0.3 is 11.5 Å². The second-order valence-corrected chi connectivity index (χ2v) is 11.3. The molecular formula is C24H28N2O3S. The molecule has 0 aromatic heterocycles. The summed E-state index contributed by atoms with van der Waals surface area (Å²) in [5.74, 6) is 0.746. The molecule has 0 spiro atoms. The first-order valence-electron chi connectivity index (χ1n) is 10.8. The Kier molecular flexibility index (Phi) is 4.56. The van der Waals surface area contributed by atoms with Crippen LogP contribution in [0.1, 0.15) is 49.1 Å². The van der Waals surface area contributed by atoms with Gasteiger partial charge in [0.1, 0.15) is 11.2 Å². The molecular weight excluding hydrogens is 396 g/mol. The average Bonchev–Trinajstić information content (AvgIpc) is 3.10. The fourth-order valence-electron chi connectivity index (χ4n) is 6.65. The summed E-state index contributed by atoms with van der Waals surface area (Å²) in [6.07, 6.45) is 4.48. The van der Waals surface area contributed by atoms with E-state index in [0.717, 1.165) is 25.7 Å². The van der Waals surface area contributed by atoms with Gasteiger partial charge in [-0.3, -0.25) is 4.79 Å². The Morgan fingerprint density at radius 1 is 1.00 bits per heavy atom. The maximum atomic E-state index is 13.5. The highest BCUT2D eigenvalue weighted by atomic mass is 32.2. The van der Waals surface area contributed by atoms with Gasteiger partial charge in [0, 0.05) is 12.1 Å². The lowest BCUT2D eigenvalue weighted by Gasteiger charge is -2.51. The molecule has 2 aromatic rings. The molecule has 6 heteroatoms. The van der Waals surface area contributed by atoms with Gasteiger partial charge in [0.15, 0.2) is 9.84 Å². The number of carbonyl (C=O) groups excluding carboxylic acids is 1. The van der Waals surface area contributed by atoms with Crippen molar-refractivity contribution in [1.82, 2.24) is 0 Å². The standard InChI is InChI=1S/C24H28N2O3S/c25-16-5-3-6-17(14-16)30(28,29)23(26)24-13-12-19-18-7-2-1-4-15(18)8-9-20(19)21(24)10-11-22(24)27/h1-7,14,19-21,23H,8-13,25-26H2/t19-,20-,21+,23?,24-/m1/s1. The van der Waals surface area contributed by atoms with E-state index in [4.69, 9.17) is 11.5 Å². The monoisotopic (exact) mass is 424 g/mol. The zero-order chi connectivity index (χ0) is 21.1. The third-order valence-corrected chi connectivity index (χ3v) is 10.00. The number of anilines is 1. The molecule has 2 fully saturated rings. The fourth-order valence-corrected chi connectivity index (χ4v) is 8.49. The van der Waals surface area contributed by atoms with Gasteiger partial charge in [-0.05, 0) is 79.2 Å². The summed E-state index contributed by atoms with van der Waals surface area (Å²) >= 11 is 0. The highest BCUT2D eigenvalue weighted by molar-refractivity contribution is 7.92. The van der Waals surface area contributed by atoms with Crippen molar-refractivity contribution in [2.75, 3.05) is 5.73 Å². The highest BCUT2D eigenvalue weighted by Gasteiger charge is 2.62. The Labute approximate surface area is 177 Å². The number of hydrogen-bond acceptors (Lipinski definition) is 5. The molecule has 4 N–H and O–H groups in total. The SMILES string of the molecule is Nc1cccc(S(=O)(=O)C(N)[C@]23CC[C@@H]4c5ccccc5CC[C@H]4[C@@H]2CCC3=O)c1. The van der Waals surface area contributed by atoms with Crippen LogP contribution in [0.15, 0.2) is 53.4 Å². The van der Waals surface area contributed by atoms with Crippen molar-refractivity contribution < 1.29 is 13.2 Å². The molecule has 0 saturated heterocycles. The number of hydrogen-bond donors (Lipinski definition) is 2. The van der Waals surface area contributed by atoms with Gasteiger partial charge >= 0.3 is 0 Å². The summed E-state index contributed by atoms with van der Waals surface area (Å²) in [5, 5.41) is -1.23. The number of nitrogens with two attached hydrogens (primary N) is 2. The molecule has 30 heavy (non-hydrogen) atoms. The van der Waals surface area contributed by atoms with Gasteiger partial charge in [-0.2, -0.15) is 0 Å². The van der Waals surface area contributed by atoms with E-state index in [-0.39, 0.29) is 16.6 Å². The summed E-state index contributed by atoms with van der Waals surface area (Å²) in [6.45, 7) is 0. The Hall–Kier alpha value is -2.18. The summed E-state index contributed by atoms with van der Waals surface area (Å²) in [7, 11) is -3.88. The van der Waals surface area contributed by atoms with Crippen molar-refractivity contribution in [2.24, 2.45) is 23.0 Å². The summed E-state index contributed by atoms with van der Waals surface area (Å²) in [5.41, 5.74) is 14.5. The van der Waals surface area contributed by atoms with Crippen LogP contribution in [-0.2, 0) is 21.1 Å². The normalized spacial score (nSPS) is 31.5. The van der Waals surface area contributed by atoms with Crippen molar-refractivity contribution >= 4 is 21.3 Å². The number of carbonyl (C=O) groups is 1. The number of aryl methyl sites for hydroxylation is 1. The molecule has 5 nitrogen and oxygen atoms in total. The predicted octanol–water partition coefficient (Wildman–Crippen LogP) is 3.43. The number of rotatable bonds is 3. The molecule has 158 valence electrons. The van der Waals surface area contributed by atoms with Crippen LogP contribution < -0.4 is 11.5 Å². The maximum Gasteiger partial charge on any atom is 0.195 e. The minimum Gasteiger partial charge on any atom is -0.399 e. The third kappa shape index (κ3) is 2.70. The summed E-state index contributed by atoms with van der Waals surface area (Å²) in [4.78, 5) is 13.4.